The van der Waals surface area contributed by atoms with E-state index in [-0.39, 0.29) is 5.54 Å². The summed E-state index contributed by atoms with van der Waals surface area (Å²) in [4.78, 5) is 0.815. The van der Waals surface area contributed by atoms with Gasteiger partial charge in [0.1, 0.15) is 11.0 Å². The molecule has 2 rings (SSSR count). The summed E-state index contributed by atoms with van der Waals surface area (Å²) in [5.41, 5.74) is 0.850. The van der Waals surface area contributed by atoms with Crippen LogP contribution in [-0.2, 0) is 15.7 Å². The summed E-state index contributed by atoms with van der Waals surface area (Å²) in [5.74, 6) is 0. The van der Waals surface area contributed by atoms with Crippen LogP contribution in [0, 0.1) is 6.92 Å². The van der Waals surface area contributed by atoms with Crippen LogP contribution in [0.5, 0.6) is 0 Å². The highest BCUT2D eigenvalue weighted by atomic mass is 32.2. The Labute approximate surface area is 122 Å². The van der Waals surface area contributed by atoms with Gasteiger partial charge in [-0.1, -0.05) is 30.3 Å². The summed E-state index contributed by atoms with van der Waals surface area (Å²) in [5, 5.41) is 2.18. The minimum Gasteiger partial charge on any atom is -0.383 e. The van der Waals surface area contributed by atoms with Gasteiger partial charge in [0.15, 0.2) is 0 Å². The number of rotatable bonds is 5. The van der Waals surface area contributed by atoms with Gasteiger partial charge in [0.25, 0.3) is 0 Å². The largest absolute Gasteiger partial charge is 0.383 e. The van der Waals surface area contributed by atoms with Crippen LogP contribution in [-0.4, -0.2) is 23.5 Å². The highest BCUT2D eigenvalue weighted by Crippen LogP contribution is 2.25. The maximum absolute atomic E-state index is 12.6. The molecule has 0 aliphatic heterocycles. The molecule has 0 amide bonds. The van der Waals surface area contributed by atoms with Crippen molar-refractivity contribution in [2.24, 2.45) is 0 Å². The predicted molar refractivity (Wildman–Crippen MR) is 84.2 cm³/mol. The predicted octanol–water partition coefficient (Wildman–Crippen LogP) is 3.19. The van der Waals surface area contributed by atoms with Crippen LogP contribution in [0.4, 0.5) is 0 Å². The minimum absolute atomic E-state index is 0.342. The molecule has 0 saturated carbocycles. The lowest BCUT2D eigenvalue weighted by Gasteiger charge is -2.24. The Morgan fingerprint density at radius 2 is 1.80 bits per heavy atom. The topological polar surface area (TPSA) is 38.3 Å². The van der Waals surface area contributed by atoms with Gasteiger partial charge in [0, 0.05) is 12.6 Å². The third kappa shape index (κ3) is 3.26. The van der Waals surface area contributed by atoms with Crippen LogP contribution in [0.25, 0.3) is 10.8 Å². The molecule has 1 atom stereocenters. The molecule has 1 unspecified atom stereocenters. The number of hydrogen-bond acceptors (Lipinski definition) is 2. The lowest BCUT2D eigenvalue weighted by molar-refractivity contribution is 0.142. The van der Waals surface area contributed by atoms with Crippen molar-refractivity contribution in [2.75, 3.05) is 13.7 Å². The molecule has 0 fully saturated rings. The van der Waals surface area contributed by atoms with E-state index in [2.05, 4.69) is 17.7 Å². The molecule has 2 aromatic rings. The lowest BCUT2D eigenvalue weighted by Crippen LogP contribution is -2.44. The minimum atomic E-state index is -1.27. The van der Waals surface area contributed by atoms with E-state index in [9.17, 15) is 4.21 Å². The van der Waals surface area contributed by atoms with Crippen LogP contribution in [0.1, 0.15) is 19.4 Å². The van der Waals surface area contributed by atoms with E-state index >= 15 is 0 Å². The van der Waals surface area contributed by atoms with E-state index in [1.165, 1.54) is 5.56 Å². The van der Waals surface area contributed by atoms with Crippen LogP contribution in [0.3, 0.4) is 0 Å². The van der Waals surface area contributed by atoms with E-state index in [1.54, 1.807) is 7.11 Å². The highest BCUT2D eigenvalue weighted by Gasteiger charge is 2.21. The Kier molecular flexibility index (Phi) is 4.58. The highest BCUT2D eigenvalue weighted by molar-refractivity contribution is 7.83. The Balaban J connectivity index is 2.38. The molecule has 20 heavy (non-hydrogen) atoms. The van der Waals surface area contributed by atoms with E-state index in [0.717, 1.165) is 15.7 Å². The molecule has 0 spiro atoms. The summed E-state index contributed by atoms with van der Waals surface area (Å²) in [6.07, 6.45) is 0. The number of ether oxygens (including phenoxy) is 1. The van der Waals surface area contributed by atoms with Gasteiger partial charge in [-0.05, 0) is 43.2 Å². The van der Waals surface area contributed by atoms with Gasteiger partial charge >= 0.3 is 0 Å². The third-order valence-electron chi connectivity index (χ3n) is 3.18. The van der Waals surface area contributed by atoms with Gasteiger partial charge in [-0.2, -0.15) is 0 Å². The second-order valence-corrected chi connectivity index (χ2v) is 6.80. The first kappa shape index (κ1) is 15.2. The zero-order chi connectivity index (χ0) is 14.8. The zero-order valence-corrected chi connectivity index (χ0v) is 13.2. The van der Waals surface area contributed by atoms with Crippen molar-refractivity contribution in [2.45, 2.75) is 31.2 Å². The maximum Gasteiger partial charge on any atom is 0.126 e. The third-order valence-corrected chi connectivity index (χ3v) is 4.67. The first-order valence-corrected chi connectivity index (χ1v) is 7.76. The van der Waals surface area contributed by atoms with Gasteiger partial charge in [-0.25, -0.2) is 8.93 Å². The average Bonchev–Trinajstić information content (AvgIpc) is 2.38. The van der Waals surface area contributed by atoms with E-state index in [1.807, 2.05) is 44.2 Å². The lowest BCUT2D eigenvalue weighted by atomic mass is 10.1. The molecule has 2 aromatic carbocycles. The summed E-state index contributed by atoms with van der Waals surface area (Å²) in [7, 11) is 0.379. The van der Waals surface area contributed by atoms with Crippen LogP contribution in [0.15, 0.2) is 41.3 Å². The molecule has 0 aliphatic carbocycles. The number of fused-ring (bicyclic) bond motifs is 1. The van der Waals surface area contributed by atoms with Gasteiger partial charge in [0.2, 0.25) is 0 Å². The molecule has 1 N–H and O–H groups in total. The number of methoxy groups -OCH3 is 1. The molecule has 0 aliphatic rings. The van der Waals surface area contributed by atoms with Crippen molar-refractivity contribution < 1.29 is 8.95 Å². The summed E-state index contributed by atoms with van der Waals surface area (Å²) in [6.45, 7) is 6.52. The smallest absolute Gasteiger partial charge is 0.126 e. The maximum atomic E-state index is 12.6. The first-order valence-electron chi connectivity index (χ1n) is 6.61. The number of aryl methyl sites for hydroxylation is 1. The zero-order valence-electron chi connectivity index (χ0n) is 12.4. The van der Waals surface area contributed by atoms with Gasteiger partial charge < -0.3 is 4.74 Å². The number of benzene rings is 2. The van der Waals surface area contributed by atoms with Crippen LogP contribution < -0.4 is 4.72 Å². The molecule has 108 valence electrons. The molecular weight excluding hydrogens is 270 g/mol. The normalized spacial score (nSPS) is 13.6. The van der Waals surface area contributed by atoms with Crippen molar-refractivity contribution in [3.8, 4) is 0 Å². The fourth-order valence-electron chi connectivity index (χ4n) is 2.28. The van der Waals surface area contributed by atoms with Crippen molar-refractivity contribution >= 4 is 21.8 Å². The van der Waals surface area contributed by atoms with E-state index in [4.69, 9.17) is 4.74 Å². The fraction of sp³-hybridized carbons (Fsp3) is 0.375. The SMILES string of the molecule is COCC(C)(C)NS(=O)c1ccc(C)c2ccccc12. The number of hydrogen-bond donors (Lipinski definition) is 1. The first-order chi connectivity index (χ1) is 9.44. The van der Waals surface area contributed by atoms with Crippen LogP contribution >= 0.6 is 0 Å². The van der Waals surface area contributed by atoms with Crippen molar-refractivity contribution in [1.82, 2.24) is 4.72 Å². The molecule has 0 bridgehead atoms. The molecule has 3 nitrogen and oxygen atoms in total. The Morgan fingerprint density at radius 3 is 2.45 bits per heavy atom. The Bertz CT molecular complexity index is 637. The average molecular weight is 291 g/mol. The molecular formula is C16H21NO2S. The van der Waals surface area contributed by atoms with E-state index < -0.39 is 11.0 Å². The molecule has 0 radical (unpaired) electrons. The number of nitrogens with one attached hydrogen (secondary N) is 1. The second-order valence-electron chi connectivity index (χ2n) is 5.61. The van der Waals surface area contributed by atoms with E-state index in [0.29, 0.717) is 6.61 Å². The quantitative estimate of drug-likeness (QED) is 0.919. The Hall–Kier alpha value is -1.23. The van der Waals surface area contributed by atoms with Gasteiger partial charge in [0.05, 0.1) is 11.5 Å². The summed E-state index contributed by atoms with van der Waals surface area (Å²) >= 11 is 0. The molecule has 4 heteroatoms. The van der Waals surface area contributed by atoms with Crippen molar-refractivity contribution in [3.63, 3.8) is 0 Å². The Morgan fingerprint density at radius 1 is 1.15 bits per heavy atom. The monoisotopic (exact) mass is 291 g/mol. The second kappa shape index (κ2) is 6.04. The molecule has 0 aromatic heterocycles. The van der Waals surface area contributed by atoms with Crippen molar-refractivity contribution in [3.05, 3.63) is 42.0 Å². The summed E-state index contributed by atoms with van der Waals surface area (Å²) in [6, 6.07) is 12.0. The van der Waals surface area contributed by atoms with Gasteiger partial charge in [-0.3, -0.25) is 0 Å². The summed E-state index contributed by atoms with van der Waals surface area (Å²) < 4.78 is 20.9. The molecule has 0 saturated heterocycles. The fourth-order valence-corrected chi connectivity index (χ4v) is 3.52. The molecule has 0 heterocycles. The van der Waals surface area contributed by atoms with Gasteiger partial charge in [-0.15, -0.1) is 0 Å². The standard InChI is InChI=1S/C16H21NO2S/c1-12-9-10-15(14-8-6-5-7-13(12)14)20(18)17-16(2,3)11-19-4/h5-10,17H,11H2,1-4H3. The van der Waals surface area contributed by atoms with Crippen molar-refractivity contribution in [1.29, 1.82) is 0 Å². The van der Waals surface area contributed by atoms with Crippen LogP contribution in [0.2, 0.25) is 0 Å².